The van der Waals surface area contributed by atoms with Gasteiger partial charge in [-0.15, -0.1) is 0 Å². The highest BCUT2D eigenvalue weighted by molar-refractivity contribution is 5.74. The summed E-state index contributed by atoms with van der Waals surface area (Å²) in [5, 5.41) is 14.1. The molecular weight excluding hydrogens is 309 g/mol. The molecule has 0 spiro atoms. The maximum Gasteiger partial charge on any atom is 0.315 e. The zero-order valence-corrected chi connectivity index (χ0v) is 13.5. The van der Waals surface area contributed by atoms with E-state index in [2.05, 4.69) is 10.6 Å². The Morgan fingerprint density at radius 3 is 2.75 bits per heavy atom. The molecule has 2 N–H and O–H groups in total. The monoisotopic (exact) mass is 327 g/mol. The van der Waals surface area contributed by atoms with Crippen LogP contribution in [0.1, 0.15) is 29.7 Å². The molecule has 2 amide bonds. The van der Waals surface area contributed by atoms with E-state index in [-0.39, 0.29) is 18.2 Å². The Morgan fingerprint density at radius 1 is 1.33 bits per heavy atom. The molecular formula is C18H18FN3O2. The second-order valence-electron chi connectivity index (χ2n) is 5.21. The summed E-state index contributed by atoms with van der Waals surface area (Å²) in [6.07, 6.45) is 0. The predicted molar refractivity (Wildman–Crippen MR) is 87.9 cm³/mol. The molecule has 2 aromatic rings. The van der Waals surface area contributed by atoms with Gasteiger partial charge in [0, 0.05) is 17.7 Å². The molecule has 0 aliphatic carbocycles. The maximum absolute atomic E-state index is 13.8. The molecule has 0 bridgehead atoms. The molecule has 0 aromatic heterocycles. The second kappa shape index (κ2) is 7.97. The van der Waals surface area contributed by atoms with Crippen molar-refractivity contribution in [2.75, 3.05) is 7.11 Å². The maximum atomic E-state index is 13.8. The first-order chi connectivity index (χ1) is 11.5. The molecule has 6 heteroatoms. The van der Waals surface area contributed by atoms with E-state index in [4.69, 9.17) is 10.00 Å². The van der Waals surface area contributed by atoms with Crippen molar-refractivity contribution < 1.29 is 13.9 Å². The van der Waals surface area contributed by atoms with Crippen LogP contribution in [0.15, 0.2) is 42.5 Å². The van der Waals surface area contributed by atoms with Crippen molar-refractivity contribution in [1.82, 2.24) is 10.6 Å². The average Bonchev–Trinajstić information content (AvgIpc) is 2.60. The van der Waals surface area contributed by atoms with Crippen molar-refractivity contribution in [2.45, 2.75) is 19.5 Å². The molecule has 2 rings (SSSR count). The number of methoxy groups -OCH3 is 1. The van der Waals surface area contributed by atoms with Gasteiger partial charge >= 0.3 is 6.03 Å². The van der Waals surface area contributed by atoms with Gasteiger partial charge in [-0.05, 0) is 25.1 Å². The molecule has 0 saturated carbocycles. The number of amides is 2. The molecule has 24 heavy (non-hydrogen) atoms. The third-order valence-electron chi connectivity index (χ3n) is 3.57. The van der Waals surface area contributed by atoms with Crippen LogP contribution in [-0.4, -0.2) is 13.1 Å². The van der Waals surface area contributed by atoms with Gasteiger partial charge in [-0.3, -0.25) is 0 Å². The Morgan fingerprint density at radius 2 is 2.08 bits per heavy atom. The number of carbonyl (C=O) groups is 1. The molecule has 0 saturated heterocycles. The molecule has 1 unspecified atom stereocenters. The molecule has 1 atom stereocenters. The molecule has 0 heterocycles. The normalized spacial score (nSPS) is 11.2. The van der Waals surface area contributed by atoms with Crippen LogP contribution in [0.4, 0.5) is 9.18 Å². The van der Waals surface area contributed by atoms with Crippen molar-refractivity contribution in [3.05, 3.63) is 65.0 Å². The van der Waals surface area contributed by atoms with Crippen molar-refractivity contribution in [3.63, 3.8) is 0 Å². The minimum absolute atomic E-state index is 0.0298. The fourth-order valence-corrected chi connectivity index (χ4v) is 2.29. The highest BCUT2D eigenvalue weighted by atomic mass is 19.1. The Balaban J connectivity index is 1.95. The number of nitrogens with zero attached hydrogens (tertiary/aromatic N) is 1. The highest BCUT2D eigenvalue weighted by Gasteiger charge is 2.13. The SMILES string of the molecule is COc1ccccc1C(C)NC(=O)NCc1ccc(C#N)cc1F. The van der Waals surface area contributed by atoms with Crippen molar-refractivity contribution >= 4 is 6.03 Å². The molecule has 2 aromatic carbocycles. The van der Waals surface area contributed by atoms with Crippen LogP contribution in [0.25, 0.3) is 0 Å². The van der Waals surface area contributed by atoms with Gasteiger partial charge in [0.05, 0.1) is 24.8 Å². The number of ether oxygens (including phenoxy) is 1. The fraction of sp³-hybridized carbons (Fsp3) is 0.222. The van der Waals surface area contributed by atoms with Gasteiger partial charge in [0.15, 0.2) is 0 Å². The van der Waals surface area contributed by atoms with E-state index in [1.54, 1.807) is 7.11 Å². The van der Waals surface area contributed by atoms with Crippen LogP contribution >= 0.6 is 0 Å². The molecule has 5 nitrogen and oxygen atoms in total. The number of carbonyl (C=O) groups excluding carboxylic acids is 1. The highest BCUT2D eigenvalue weighted by Crippen LogP contribution is 2.24. The molecule has 0 aliphatic heterocycles. The van der Waals surface area contributed by atoms with E-state index in [0.717, 1.165) is 11.6 Å². The Labute approximate surface area is 140 Å². The Bertz CT molecular complexity index is 771. The van der Waals surface area contributed by atoms with Gasteiger partial charge in [-0.2, -0.15) is 5.26 Å². The molecule has 0 radical (unpaired) electrons. The van der Waals surface area contributed by atoms with Crippen LogP contribution in [0.5, 0.6) is 5.75 Å². The zero-order valence-electron chi connectivity index (χ0n) is 13.5. The van der Waals surface area contributed by atoms with Gasteiger partial charge < -0.3 is 15.4 Å². The van der Waals surface area contributed by atoms with Gasteiger partial charge in [-0.1, -0.05) is 24.3 Å². The predicted octanol–water partition coefficient (Wildman–Crippen LogP) is 3.27. The Hall–Kier alpha value is -3.07. The van der Waals surface area contributed by atoms with E-state index in [1.165, 1.54) is 12.1 Å². The number of nitriles is 1. The minimum atomic E-state index is -0.521. The first-order valence-corrected chi connectivity index (χ1v) is 7.41. The first kappa shape index (κ1) is 17.3. The summed E-state index contributed by atoms with van der Waals surface area (Å²) in [6.45, 7) is 1.86. The zero-order chi connectivity index (χ0) is 17.5. The van der Waals surface area contributed by atoms with Crippen molar-refractivity contribution in [1.29, 1.82) is 5.26 Å². The fourth-order valence-electron chi connectivity index (χ4n) is 2.29. The lowest BCUT2D eigenvalue weighted by Gasteiger charge is -2.17. The topological polar surface area (TPSA) is 74.2 Å². The summed E-state index contributed by atoms with van der Waals surface area (Å²) in [6, 6.07) is 12.7. The summed E-state index contributed by atoms with van der Waals surface area (Å²) >= 11 is 0. The van der Waals surface area contributed by atoms with Crippen LogP contribution < -0.4 is 15.4 Å². The standard InChI is InChI=1S/C18H18FN3O2/c1-12(15-5-3-4-6-17(15)24-2)22-18(23)21-11-14-8-7-13(10-20)9-16(14)19/h3-9,12H,11H2,1-2H3,(H2,21,22,23). The van der Waals surface area contributed by atoms with Crippen LogP contribution in [0.3, 0.4) is 0 Å². The van der Waals surface area contributed by atoms with Crippen molar-refractivity contribution in [3.8, 4) is 11.8 Å². The van der Waals surface area contributed by atoms with E-state index < -0.39 is 11.8 Å². The van der Waals surface area contributed by atoms with E-state index in [1.807, 2.05) is 37.3 Å². The second-order valence-corrected chi connectivity index (χ2v) is 5.21. The lowest BCUT2D eigenvalue weighted by molar-refractivity contribution is 0.237. The number of para-hydroxylation sites is 1. The largest absolute Gasteiger partial charge is 0.496 e. The number of nitrogens with one attached hydrogen (secondary N) is 2. The third kappa shape index (κ3) is 4.23. The van der Waals surface area contributed by atoms with Crippen LogP contribution in [0, 0.1) is 17.1 Å². The summed E-state index contributed by atoms with van der Waals surface area (Å²) < 4.78 is 19.0. The van der Waals surface area contributed by atoms with Crippen molar-refractivity contribution in [2.24, 2.45) is 0 Å². The lowest BCUT2D eigenvalue weighted by atomic mass is 10.1. The third-order valence-corrected chi connectivity index (χ3v) is 3.57. The number of halogens is 1. The summed E-state index contributed by atoms with van der Waals surface area (Å²) in [5.74, 6) is 0.163. The molecule has 0 fully saturated rings. The van der Waals surface area contributed by atoms with E-state index in [0.29, 0.717) is 11.3 Å². The smallest absolute Gasteiger partial charge is 0.315 e. The number of urea groups is 1. The molecule has 124 valence electrons. The number of rotatable bonds is 5. The average molecular weight is 327 g/mol. The Kier molecular flexibility index (Phi) is 5.74. The van der Waals surface area contributed by atoms with Crippen LogP contribution in [-0.2, 0) is 6.54 Å². The molecule has 0 aliphatic rings. The summed E-state index contributed by atoms with van der Waals surface area (Å²) in [5.41, 5.74) is 1.40. The minimum Gasteiger partial charge on any atom is -0.496 e. The number of hydrogen-bond acceptors (Lipinski definition) is 3. The van der Waals surface area contributed by atoms with Gasteiger partial charge in [0.1, 0.15) is 11.6 Å². The van der Waals surface area contributed by atoms with E-state index in [9.17, 15) is 9.18 Å². The number of benzene rings is 2. The van der Waals surface area contributed by atoms with Crippen LogP contribution in [0.2, 0.25) is 0 Å². The van der Waals surface area contributed by atoms with Gasteiger partial charge in [0.2, 0.25) is 0 Å². The first-order valence-electron chi connectivity index (χ1n) is 7.41. The lowest BCUT2D eigenvalue weighted by Crippen LogP contribution is -2.36. The summed E-state index contributed by atoms with van der Waals surface area (Å²) in [4.78, 5) is 12.0. The summed E-state index contributed by atoms with van der Waals surface area (Å²) in [7, 11) is 1.57. The quantitative estimate of drug-likeness (QED) is 0.885. The number of hydrogen-bond donors (Lipinski definition) is 2. The van der Waals surface area contributed by atoms with Gasteiger partial charge in [-0.25, -0.2) is 9.18 Å². The van der Waals surface area contributed by atoms with Gasteiger partial charge in [0.25, 0.3) is 0 Å². The van der Waals surface area contributed by atoms with E-state index >= 15 is 0 Å².